The molecule has 10 heavy (non-hydrogen) atoms. The maximum Gasteiger partial charge on any atom is -0.0180 e. The van der Waals surface area contributed by atoms with Crippen LogP contribution in [0.5, 0.6) is 0 Å². The van der Waals surface area contributed by atoms with Crippen molar-refractivity contribution in [2.75, 3.05) is 0 Å². The second-order valence-electron chi connectivity index (χ2n) is 1.70. The Balaban J connectivity index is 0. The number of thioether (sulfide) groups is 1. The van der Waals surface area contributed by atoms with E-state index in [9.17, 15) is 0 Å². The van der Waals surface area contributed by atoms with Gasteiger partial charge in [0.25, 0.3) is 0 Å². The Morgan fingerprint density at radius 1 is 1.30 bits per heavy atom. The monoisotopic (exact) mass is 158 g/mol. The molecule has 0 N–H and O–H groups in total. The van der Waals surface area contributed by atoms with Gasteiger partial charge in [-0.05, 0) is 30.6 Å². The topological polar surface area (TPSA) is 0 Å². The SMILES string of the molecule is C=C(C)S/C(C)=C\C.CC. The molecule has 0 spiro atoms. The second kappa shape index (κ2) is 8.83. The molecule has 0 bridgehead atoms. The van der Waals surface area contributed by atoms with E-state index in [1.807, 2.05) is 27.7 Å². The molecule has 0 aliphatic carbocycles. The fourth-order valence-electron chi connectivity index (χ4n) is 0.334. The zero-order valence-corrected chi connectivity index (χ0v) is 8.51. The Labute approximate surface area is 69.4 Å². The minimum absolute atomic E-state index is 1.15. The Bertz CT molecular complexity index is 112. The lowest BCUT2D eigenvalue weighted by molar-refractivity contribution is 1.50. The molecule has 0 aromatic carbocycles. The molecule has 0 radical (unpaired) electrons. The third-order valence-corrected chi connectivity index (χ3v) is 1.65. The first kappa shape index (κ1) is 12.5. The fraction of sp³-hybridized carbons (Fsp3) is 0.556. The van der Waals surface area contributed by atoms with Gasteiger partial charge in [0.05, 0.1) is 0 Å². The van der Waals surface area contributed by atoms with Gasteiger partial charge in [-0.15, -0.1) is 11.8 Å². The first-order valence-electron chi connectivity index (χ1n) is 3.63. The van der Waals surface area contributed by atoms with Crippen LogP contribution in [-0.2, 0) is 0 Å². The minimum atomic E-state index is 1.15. The highest BCUT2D eigenvalue weighted by Crippen LogP contribution is 2.21. The lowest BCUT2D eigenvalue weighted by Crippen LogP contribution is -1.63. The molecule has 0 heterocycles. The molecule has 0 atom stereocenters. The average Bonchev–Trinajstić information content (AvgIpc) is 1.91. The van der Waals surface area contributed by atoms with Crippen molar-refractivity contribution < 1.29 is 0 Å². The van der Waals surface area contributed by atoms with Gasteiger partial charge >= 0.3 is 0 Å². The summed E-state index contributed by atoms with van der Waals surface area (Å²) < 4.78 is 0. The number of allylic oxidation sites excluding steroid dienone is 3. The molecule has 0 nitrogen and oxygen atoms in total. The Morgan fingerprint density at radius 3 is 1.80 bits per heavy atom. The number of hydrogen-bond donors (Lipinski definition) is 0. The highest BCUT2D eigenvalue weighted by Gasteiger charge is 1.85. The fourth-order valence-corrected chi connectivity index (χ4v) is 1.00. The molecule has 0 unspecified atom stereocenters. The summed E-state index contributed by atoms with van der Waals surface area (Å²) in [6, 6.07) is 0. The second-order valence-corrected chi connectivity index (χ2v) is 3.25. The van der Waals surface area contributed by atoms with E-state index in [2.05, 4.69) is 19.6 Å². The highest BCUT2D eigenvalue weighted by atomic mass is 32.2. The summed E-state index contributed by atoms with van der Waals surface area (Å²) in [5, 5.41) is 0. The zero-order chi connectivity index (χ0) is 8.57. The van der Waals surface area contributed by atoms with Gasteiger partial charge in [0, 0.05) is 0 Å². The zero-order valence-electron chi connectivity index (χ0n) is 7.69. The molecule has 0 aromatic heterocycles. The third kappa shape index (κ3) is 10.7. The normalized spacial score (nSPS) is 9.90. The van der Waals surface area contributed by atoms with E-state index in [-0.39, 0.29) is 0 Å². The van der Waals surface area contributed by atoms with Crippen LogP contribution in [-0.4, -0.2) is 0 Å². The average molecular weight is 158 g/mol. The summed E-state index contributed by atoms with van der Waals surface area (Å²) in [5.41, 5.74) is 0. The standard InChI is InChI=1S/C7H12S.C2H6/c1-5-7(4)8-6(2)3;1-2/h5H,2H2,1,3-4H3;1-2H3/b7-5-;. The van der Waals surface area contributed by atoms with Gasteiger partial charge in [0.15, 0.2) is 0 Å². The van der Waals surface area contributed by atoms with E-state index in [0.29, 0.717) is 0 Å². The summed E-state index contributed by atoms with van der Waals surface area (Å²) >= 11 is 1.72. The van der Waals surface area contributed by atoms with Crippen molar-refractivity contribution >= 4 is 11.8 Å². The molecule has 0 amide bonds. The smallest absolute Gasteiger partial charge is 0.0180 e. The van der Waals surface area contributed by atoms with Gasteiger partial charge in [0.1, 0.15) is 0 Å². The van der Waals surface area contributed by atoms with E-state index < -0.39 is 0 Å². The van der Waals surface area contributed by atoms with Crippen LogP contribution in [0.1, 0.15) is 34.6 Å². The molecular weight excluding hydrogens is 140 g/mol. The molecule has 0 fully saturated rings. The molecule has 1 heteroatoms. The van der Waals surface area contributed by atoms with Crippen molar-refractivity contribution in [2.24, 2.45) is 0 Å². The van der Waals surface area contributed by atoms with E-state index in [0.717, 1.165) is 4.91 Å². The van der Waals surface area contributed by atoms with Gasteiger partial charge in [-0.2, -0.15) is 0 Å². The van der Waals surface area contributed by atoms with E-state index in [1.165, 1.54) is 4.91 Å². The first-order chi connectivity index (χ1) is 4.66. The summed E-state index contributed by atoms with van der Waals surface area (Å²) in [7, 11) is 0. The molecule has 0 rings (SSSR count). The Morgan fingerprint density at radius 2 is 1.70 bits per heavy atom. The first-order valence-corrected chi connectivity index (χ1v) is 4.44. The van der Waals surface area contributed by atoms with Crippen LogP contribution in [0.25, 0.3) is 0 Å². The van der Waals surface area contributed by atoms with E-state index >= 15 is 0 Å². The molecule has 0 aromatic rings. The van der Waals surface area contributed by atoms with Crippen LogP contribution in [0, 0.1) is 0 Å². The predicted octanol–water partition coefficient (Wildman–Crippen LogP) is 4.20. The molecule has 0 saturated carbocycles. The third-order valence-electron chi connectivity index (χ3n) is 0.742. The van der Waals surface area contributed by atoms with Gasteiger partial charge in [-0.25, -0.2) is 0 Å². The van der Waals surface area contributed by atoms with E-state index in [1.54, 1.807) is 11.8 Å². The van der Waals surface area contributed by atoms with Crippen molar-refractivity contribution in [2.45, 2.75) is 34.6 Å². The molecule has 0 saturated heterocycles. The predicted molar refractivity (Wildman–Crippen MR) is 53.2 cm³/mol. The van der Waals surface area contributed by atoms with Crippen LogP contribution in [0.3, 0.4) is 0 Å². The van der Waals surface area contributed by atoms with Crippen molar-refractivity contribution in [1.29, 1.82) is 0 Å². The molecule has 0 aliphatic rings. The van der Waals surface area contributed by atoms with Gasteiger partial charge < -0.3 is 0 Å². The van der Waals surface area contributed by atoms with Gasteiger partial charge in [-0.1, -0.05) is 26.5 Å². The van der Waals surface area contributed by atoms with E-state index in [4.69, 9.17) is 0 Å². The molecule has 0 aliphatic heterocycles. The molecular formula is C9H18S. The van der Waals surface area contributed by atoms with Crippen LogP contribution in [0.15, 0.2) is 22.5 Å². The minimum Gasteiger partial charge on any atom is -0.101 e. The maximum absolute atomic E-state index is 3.77. The largest absolute Gasteiger partial charge is 0.101 e. The number of hydrogen-bond acceptors (Lipinski definition) is 1. The van der Waals surface area contributed by atoms with Crippen molar-refractivity contribution in [1.82, 2.24) is 0 Å². The van der Waals surface area contributed by atoms with Gasteiger partial charge in [0.2, 0.25) is 0 Å². The summed E-state index contributed by atoms with van der Waals surface area (Å²) in [4.78, 5) is 2.47. The van der Waals surface area contributed by atoms with Crippen LogP contribution >= 0.6 is 11.8 Å². The lowest BCUT2D eigenvalue weighted by Gasteiger charge is -1.95. The Hall–Kier alpha value is -0.170. The van der Waals surface area contributed by atoms with Crippen molar-refractivity contribution in [3.63, 3.8) is 0 Å². The quantitative estimate of drug-likeness (QED) is 0.580. The summed E-state index contributed by atoms with van der Waals surface area (Å²) in [6.45, 7) is 13.9. The van der Waals surface area contributed by atoms with Crippen molar-refractivity contribution in [3.8, 4) is 0 Å². The van der Waals surface area contributed by atoms with Crippen molar-refractivity contribution in [3.05, 3.63) is 22.5 Å². The number of rotatable bonds is 2. The Kier molecular flexibility index (Phi) is 11.0. The van der Waals surface area contributed by atoms with Gasteiger partial charge in [-0.3, -0.25) is 0 Å². The summed E-state index contributed by atoms with van der Waals surface area (Å²) in [5.74, 6) is 0. The molecule has 60 valence electrons. The maximum atomic E-state index is 3.77. The highest BCUT2D eigenvalue weighted by molar-refractivity contribution is 8.06. The van der Waals surface area contributed by atoms with Crippen LogP contribution in [0.2, 0.25) is 0 Å². The van der Waals surface area contributed by atoms with Crippen LogP contribution in [0.4, 0.5) is 0 Å². The van der Waals surface area contributed by atoms with Crippen LogP contribution < -0.4 is 0 Å². The lowest BCUT2D eigenvalue weighted by atomic mass is 10.6. The summed E-state index contributed by atoms with van der Waals surface area (Å²) in [6.07, 6.45) is 2.08.